The Kier molecular flexibility index (Phi) is 4.34. The molecule has 0 aliphatic heterocycles. The number of carbonyl (C=O) groups is 2. The van der Waals surface area contributed by atoms with Gasteiger partial charge in [-0.15, -0.1) is 11.3 Å². The molecule has 4 nitrogen and oxygen atoms in total. The lowest BCUT2D eigenvalue weighted by atomic mass is 9.94. The van der Waals surface area contributed by atoms with Gasteiger partial charge in [-0.25, -0.2) is 4.98 Å². The highest BCUT2D eigenvalue weighted by Crippen LogP contribution is 2.45. The van der Waals surface area contributed by atoms with Crippen molar-refractivity contribution in [2.45, 2.75) is 19.3 Å². The Morgan fingerprint density at radius 1 is 1.23 bits per heavy atom. The lowest BCUT2D eigenvalue weighted by Gasteiger charge is -2.10. The van der Waals surface area contributed by atoms with Gasteiger partial charge in [0.05, 0.1) is 4.88 Å². The van der Waals surface area contributed by atoms with Crippen LogP contribution in [-0.4, -0.2) is 16.7 Å². The van der Waals surface area contributed by atoms with Gasteiger partial charge in [0.1, 0.15) is 5.82 Å². The number of thiophene rings is 1. The molecule has 6 heteroatoms. The number of hydrogen-bond acceptors (Lipinski definition) is 4. The van der Waals surface area contributed by atoms with Crippen LogP contribution in [0.5, 0.6) is 0 Å². The van der Waals surface area contributed by atoms with E-state index in [4.69, 9.17) is 11.6 Å². The predicted molar refractivity (Wildman–Crippen MR) is 104 cm³/mol. The molecular formula is C20H15ClN2O2S. The molecule has 0 spiro atoms. The Bertz CT molecular complexity index is 1010. The summed E-state index contributed by atoms with van der Waals surface area (Å²) < 4.78 is 0. The molecular weight excluding hydrogens is 368 g/mol. The van der Waals surface area contributed by atoms with Crippen molar-refractivity contribution in [3.63, 3.8) is 0 Å². The number of ketones is 1. The molecule has 3 aromatic rings. The first-order chi connectivity index (χ1) is 12.5. The Hall–Kier alpha value is -2.50. The summed E-state index contributed by atoms with van der Waals surface area (Å²) in [4.78, 5) is 29.7. The van der Waals surface area contributed by atoms with Crippen molar-refractivity contribution < 1.29 is 9.59 Å². The highest BCUT2D eigenvalue weighted by Gasteiger charge is 2.33. The van der Waals surface area contributed by atoms with Crippen LogP contribution in [0.3, 0.4) is 0 Å². The quantitative estimate of drug-likeness (QED) is 0.682. The van der Waals surface area contributed by atoms with Gasteiger partial charge < -0.3 is 5.32 Å². The standard InChI is InChI=1S/C20H15ClN2O2S/c1-11(24)23-19-8-13(6-7-22-19)18-10-16-15(9-17(25)20(16)26-18)12-2-4-14(21)5-3-12/h2-8,10,15H,9H2,1H3,(H,22,23,24). The lowest BCUT2D eigenvalue weighted by Crippen LogP contribution is -2.07. The normalized spacial score (nSPS) is 15.8. The molecule has 0 saturated heterocycles. The number of nitrogens with one attached hydrogen (secondary N) is 1. The van der Waals surface area contributed by atoms with Crippen molar-refractivity contribution in [3.05, 3.63) is 69.7 Å². The van der Waals surface area contributed by atoms with Gasteiger partial charge in [-0.1, -0.05) is 23.7 Å². The Balaban J connectivity index is 1.71. The molecule has 1 atom stereocenters. The van der Waals surface area contributed by atoms with Gasteiger partial charge in [0.2, 0.25) is 5.91 Å². The number of anilines is 1. The van der Waals surface area contributed by atoms with E-state index < -0.39 is 0 Å². The largest absolute Gasteiger partial charge is 0.311 e. The van der Waals surface area contributed by atoms with E-state index in [0.717, 1.165) is 26.4 Å². The molecule has 1 amide bonds. The van der Waals surface area contributed by atoms with Gasteiger partial charge in [0.15, 0.2) is 5.78 Å². The Morgan fingerprint density at radius 2 is 2.00 bits per heavy atom. The van der Waals surface area contributed by atoms with Crippen LogP contribution in [0.2, 0.25) is 5.02 Å². The van der Waals surface area contributed by atoms with Crippen molar-refractivity contribution in [1.82, 2.24) is 4.98 Å². The molecule has 1 aromatic carbocycles. The summed E-state index contributed by atoms with van der Waals surface area (Å²) in [6, 6.07) is 13.5. The summed E-state index contributed by atoms with van der Waals surface area (Å²) in [7, 11) is 0. The van der Waals surface area contributed by atoms with E-state index in [-0.39, 0.29) is 17.6 Å². The van der Waals surface area contributed by atoms with Gasteiger partial charge in [-0.3, -0.25) is 9.59 Å². The van der Waals surface area contributed by atoms with Crippen LogP contribution in [0, 0.1) is 0 Å². The van der Waals surface area contributed by atoms with E-state index in [2.05, 4.69) is 16.4 Å². The number of carbonyl (C=O) groups excluding carboxylic acids is 2. The zero-order valence-electron chi connectivity index (χ0n) is 14.0. The zero-order chi connectivity index (χ0) is 18.3. The first-order valence-electron chi connectivity index (χ1n) is 8.17. The summed E-state index contributed by atoms with van der Waals surface area (Å²) in [6.07, 6.45) is 2.15. The number of fused-ring (bicyclic) bond motifs is 1. The number of benzene rings is 1. The molecule has 2 aromatic heterocycles. The van der Waals surface area contributed by atoms with Crippen molar-refractivity contribution in [3.8, 4) is 10.4 Å². The minimum atomic E-state index is -0.165. The second-order valence-electron chi connectivity index (χ2n) is 6.24. The van der Waals surface area contributed by atoms with Crippen molar-refractivity contribution in [2.24, 2.45) is 0 Å². The van der Waals surface area contributed by atoms with E-state index in [1.54, 1.807) is 6.20 Å². The smallest absolute Gasteiger partial charge is 0.222 e. The summed E-state index contributed by atoms with van der Waals surface area (Å²) in [5.74, 6) is 0.578. The van der Waals surface area contributed by atoms with Crippen LogP contribution in [0.15, 0.2) is 48.7 Å². The maximum Gasteiger partial charge on any atom is 0.222 e. The minimum absolute atomic E-state index is 0.0661. The first-order valence-corrected chi connectivity index (χ1v) is 9.37. The monoisotopic (exact) mass is 382 g/mol. The van der Waals surface area contributed by atoms with E-state index in [1.165, 1.54) is 18.3 Å². The second kappa shape index (κ2) is 6.67. The summed E-state index contributed by atoms with van der Waals surface area (Å²) >= 11 is 7.48. The topological polar surface area (TPSA) is 59.1 Å². The second-order valence-corrected chi connectivity index (χ2v) is 7.73. The fraction of sp³-hybridized carbons (Fsp3) is 0.150. The third kappa shape index (κ3) is 3.16. The van der Waals surface area contributed by atoms with E-state index in [9.17, 15) is 9.59 Å². The third-order valence-corrected chi connectivity index (χ3v) is 5.89. The number of hydrogen-bond donors (Lipinski definition) is 1. The van der Waals surface area contributed by atoms with Crippen molar-refractivity contribution in [2.75, 3.05) is 5.32 Å². The zero-order valence-corrected chi connectivity index (χ0v) is 15.5. The molecule has 1 aliphatic rings. The molecule has 4 rings (SSSR count). The molecule has 1 unspecified atom stereocenters. The van der Waals surface area contributed by atoms with E-state index >= 15 is 0 Å². The molecule has 1 aliphatic carbocycles. The van der Waals surface area contributed by atoms with Gasteiger partial charge in [-0.05, 0) is 47.0 Å². The average Bonchev–Trinajstić information content (AvgIpc) is 3.16. The summed E-state index contributed by atoms with van der Waals surface area (Å²) in [5, 5.41) is 3.37. The van der Waals surface area contributed by atoms with Crippen LogP contribution >= 0.6 is 22.9 Å². The minimum Gasteiger partial charge on any atom is -0.311 e. The number of aromatic nitrogens is 1. The Labute approximate surface area is 159 Å². The SMILES string of the molecule is CC(=O)Nc1cc(-c2cc3c(s2)C(=O)CC3c2ccc(Cl)cc2)ccn1. The van der Waals surface area contributed by atoms with E-state index in [0.29, 0.717) is 17.3 Å². The van der Waals surface area contributed by atoms with Crippen molar-refractivity contribution >= 4 is 40.4 Å². The summed E-state index contributed by atoms with van der Waals surface area (Å²) in [6.45, 7) is 1.45. The van der Waals surface area contributed by atoms with Crippen LogP contribution in [-0.2, 0) is 4.79 Å². The van der Waals surface area contributed by atoms with Gasteiger partial charge in [0, 0.05) is 35.4 Å². The highest BCUT2D eigenvalue weighted by molar-refractivity contribution is 7.17. The van der Waals surface area contributed by atoms with Crippen LogP contribution in [0.1, 0.15) is 40.1 Å². The van der Waals surface area contributed by atoms with Gasteiger partial charge in [0.25, 0.3) is 0 Å². The number of Topliss-reactive ketones (excluding diaryl/α,β-unsaturated/α-hetero) is 1. The molecule has 0 bridgehead atoms. The maximum absolute atomic E-state index is 12.5. The lowest BCUT2D eigenvalue weighted by molar-refractivity contribution is -0.114. The molecule has 2 heterocycles. The number of halogens is 1. The molecule has 0 radical (unpaired) electrons. The molecule has 130 valence electrons. The van der Waals surface area contributed by atoms with Gasteiger partial charge in [-0.2, -0.15) is 0 Å². The fourth-order valence-corrected chi connectivity index (χ4v) is 4.53. The van der Waals surface area contributed by atoms with Crippen LogP contribution in [0.4, 0.5) is 5.82 Å². The summed E-state index contributed by atoms with van der Waals surface area (Å²) in [5.41, 5.74) is 3.10. The van der Waals surface area contributed by atoms with Crippen LogP contribution in [0.25, 0.3) is 10.4 Å². The maximum atomic E-state index is 12.5. The number of nitrogens with zero attached hydrogens (tertiary/aromatic N) is 1. The third-order valence-electron chi connectivity index (χ3n) is 4.40. The number of rotatable bonds is 3. The first kappa shape index (κ1) is 16.9. The van der Waals surface area contributed by atoms with E-state index in [1.807, 2.05) is 36.4 Å². The molecule has 1 N–H and O–H groups in total. The van der Waals surface area contributed by atoms with Crippen LogP contribution < -0.4 is 5.32 Å². The highest BCUT2D eigenvalue weighted by atomic mass is 35.5. The average molecular weight is 383 g/mol. The van der Waals surface area contributed by atoms with Gasteiger partial charge >= 0.3 is 0 Å². The number of pyridine rings is 1. The molecule has 0 saturated carbocycles. The fourth-order valence-electron chi connectivity index (χ4n) is 3.24. The predicted octanol–water partition coefficient (Wildman–Crippen LogP) is 5.14. The molecule has 0 fully saturated rings. The van der Waals surface area contributed by atoms with Crippen molar-refractivity contribution in [1.29, 1.82) is 0 Å². The molecule has 26 heavy (non-hydrogen) atoms. The number of amides is 1. The Morgan fingerprint density at radius 3 is 2.73 bits per heavy atom.